The molecule has 1 aromatic heterocycles. The van der Waals surface area contributed by atoms with Gasteiger partial charge in [0.2, 0.25) is 0 Å². The highest BCUT2D eigenvalue weighted by atomic mass is 16.5. The van der Waals surface area contributed by atoms with E-state index in [9.17, 15) is 15.3 Å². The number of ether oxygens (including phenoxy) is 2. The molecule has 5 aromatic rings. The number of aliphatic hydroxyl groups is 2. The van der Waals surface area contributed by atoms with E-state index in [2.05, 4.69) is 44.0 Å². The van der Waals surface area contributed by atoms with Crippen LogP contribution in [0.5, 0.6) is 17.2 Å². The molecule has 8 nitrogen and oxygen atoms in total. The summed E-state index contributed by atoms with van der Waals surface area (Å²) < 4.78 is 11.2. The number of hydrogen-bond acceptors (Lipinski definition) is 7. The van der Waals surface area contributed by atoms with Crippen LogP contribution in [0.3, 0.4) is 0 Å². The van der Waals surface area contributed by atoms with E-state index < -0.39 is 5.41 Å². The Balaban J connectivity index is 1.74. The zero-order valence-corrected chi connectivity index (χ0v) is 24.4. The number of aromatic nitrogens is 3. The van der Waals surface area contributed by atoms with Crippen molar-refractivity contribution in [3.8, 4) is 22.9 Å². The van der Waals surface area contributed by atoms with Crippen molar-refractivity contribution in [2.24, 2.45) is 0 Å². The predicted octanol–water partition coefficient (Wildman–Crippen LogP) is 5.52. The fourth-order valence-corrected chi connectivity index (χ4v) is 5.13. The zero-order valence-electron chi connectivity index (χ0n) is 24.4. The van der Waals surface area contributed by atoms with Crippen molar-refractivity contribution in [1.82, 2.24) is 15.0 Å². The lowest BCUT2D eigenvalue weighted by Gasteiger charge is -2.34. The highest BCUT2D eigenvalue weighted by molar-refractivity contribution is 5.74. The third-order valence-corrected chi connectivity index (χ3v) is 7.58. The lowest BCUT2D eigenvalue weighted by Crippen LogP contribution is -2.27. The maximum Gasteiger partial charge on any atom is 0.147 e. The molecule has 0 aliphatic carbocycles. The molecular formula is C34H37N3O5. The Labute approximate surface area is 245 Å². The summed E-state index contributed by atoms with van der Waals surface area (Å²) in [4.78, 5) is 1.51. The van der Waals surface area contributed by atoms with Crippen LogP contribution in [-0.4, -0.2) is 56.7 Å². The van der Waals surface area contributed by atoms with Crippen LogP contribution in [0.25, 0.3) is 16.7 Å². The third kappa shape index (κ3) is 5.68. The van der Waals surface area contributed by atoms with Gasteiger partial charge in [-0.05, 0) is 71.5 Å². The van der Waals surface area contributed by atoms with Gasteiger partial charge in [0.1, 0.15) is 47.2 Å². The van der Waals surface area contributed by atoms with Crippen molar-refractivity contribution < 1.29 is 24.8 Å². The van der Waals surface area contributed by atoms with Crippen molar-refractivity contribution in [1.29, 1.82) is 0 Å². The monoisotopic (exact) mass is 567 g/mol. The van der Waals surface area contributed by atoms with Crippen LogP contribution in [-0.2, 0) is 10.8 Å². The van der Waals surface area contributed by atoms with Crippen molar-refractivity contribution in [3.05, 3.63) is 107 Å². The maximum absolute atomic E-state index is 12.1. The average Bonchev–Trinajstić information content (AvgIpc) is 3.43. The standard InChI is InChI=1S/C34H37N3O5/c1-33(2,3)25-21-28(32(40)31(22-25)37-35-29-7-5-6-8-30(29)36-37)34(4,23-9-13-26(14-10-23)41-19-17-38)24-11-15-27(16-12-24)42-20-18-39/h5-16,21-22,38-40H,17-20H2,1-4H3. The Morgan fingerprint density at radius 3 is 1.57 bits per heavy atom. The predicted molar refractivity (Wildman–Crippen MR) is 163 cm³/mol. The second-order valence-electron chi connectivity index (χ2n) is 11.4. The number of phenolic OH excluding ortho intramolecular Hbond substituents is 1. The van der Waals surface area contributed by atoms with Crippen molar-refractivity contribution in [3.63, 3.8) is 0 Å². The topological polar surface area (TPSA) is 110 Å². The number of aliphatic hydroxyl groups excluding tert-OH is 2. The van der Waals surface area contributed by atoms with Crippen molar-refractivity contribution >= 4 is 11.0 Å². The van der Waals surface area contributed by atoms with Crippen LogP contribution in [0, 0.1) is 0 Å². The number of rotatable bonds is 10. The smallest absolute Gasteiger partial charge is 0.147 e. The normalized spacial score (nSPS) is 12.0. The minimum Gasteiger partial charge on any atom is -0.505 e. The second kappa shape index (κ2) is 11.8. The molecule has 0 spiro atoms. The first-order valence-corrected chi connectivity index (χ1v) is 14.0. The highest BCUT2D eigenvalue weighted by Gasteiger charge is 2.36. The third-order valence-electron chi connectivity index (χ3n) is 7.58. The quantitative estimate of drug-likeness (QED) is 0.191. The van der Waals surface area contributed by atoms with Gasteiger partial charge >= 0.3 is 0 Å². The van der Waals surface area contributed by atoms with E-state index in [1.165, 1.54) is 4.80 Å². The molecule has 0 amide bonds. The van der Waals surface area contributed by atoms with Crippen LogP contribution in [0.15, 0.2) is 84.9 Å². The lowest BCUT2D eigenvalue weighted by molar-refractivity contribution is 0.201. The van der Waals surface area contributed by atoms with Crippen LogP contribution in [0.1, 0.15) is 49.9 Å². The fourth-order valence-electron chi connectivity index (χ4n) is 5.13. The van der Waals surface area contributed by atoms with Gasteiger partial charge in [-0.1, -0.05) is 63.2 Å². The van der Waals surface area contributed by atoms with Crippen molar-refractivity contribution in [2.75, 3.05) is 26.4 Å². The molecule has 218 valence electrons. The summed E-state index contributed by atoms with van der Waals surface area (Å²) in [5.41, 5.74) is 4.46. The van der Waals surface area contributed by atoms with E-state index in [-0.39, 0.29) is 37.6 Å². The fraction of sp³-hybridized carbons (Fsp3) is 0.294. The lowest BCUT2D eigenvalue weighted by atomic mass is 9.69. The summed E-state index contributed by atoms with van der Waals surface area (Å²) in [6.45, 7) is 8.75. The summed E-state index contributed by atoms with van der Waals surface area (Å²) in [6.07, 6.45) is 0. The molecular weight excluding hydrogens is 530 g/mol. The zero-order chi connectivity index (χ0) is 29.9. The van der Waals surface area contributed by atoms with Gasteiger partial charge in [-0.15, -0.1) is 15.0 Å². The van der Waals surface area contributed by atoms with Gasteiger partial charge in [-0.25, -0.2) is 0 Å². The molecule has 0 aliphatic rings. The first kappa shape index (κ1) is 29.1. The van der Waals surface area contributed by atoms with Gasteiger partial charge in [0.05, 0.1) is 13.2 Å². The van der Waals surface area contributed by atoms with Crippen LogP contribution < -0.4 is 9.47 Å². The Kier molecular flexibility index (Phi) is 8.20. The minimum absolute atomic E-state index is 0.0725. The summed E-state index contributed by atoms with van der Waals surface area (Å²) in [5.74, 6) is 1.36. The SMILES string of the molecule is CC(C)(C)c1cc(-n2nc3ccccc3n2)c(O)c(C(C)(c2ccc(OCCO)cc2)c2ccc(OCCO)cc2)c1. The molecule has 0 radical (unpaired) electrons. The largest absolute Gasteiger partial charge is 0.505 e. The maximum atomic E-state index is 12.1. The van der Waals surface area contributed by atoms with Crippen LogP contribution in [0.2, 0.25) is 0 Å². The molecule has 0 bridgehead atoms. The van der Waals surface area contributed by atoms with Crippen molar-refractivity contribution in [2.45, 2.75) is 38.5 Å². The molecule has 0 aliphatic heterocycles. The number of phenols is 1. The molecule has 0 unspecified atom stereocenters. The first-order chi connectivity index (χ1) is 20.1. The molecule has 4 aromatic carbocycles. The van der Waals surface area contributed by atoms with Gasteiger partial charge in [0, 0.05) is 11.0 Å². The van der Waals surface area contributed by atoms with E-state index in [4.69, 9.17) is 9.47 Å². The molecule has 5 rings (SSSR count). The van der Waals surface area contributed by atoms with Gasteiger partial charge < -0.3 is 24.8 Å². The van der Waals surface area contributed by atoms with Crippen LogP contribution in [0.4, 0.5) is 0 Å². The summed E-state index contributed by atoms with van der Waals surface area (Å²) in [5, 5.41) is 39.8. The Morgan fingerprint density at radius 2 is 1.14 bits per heavy atom. The number of hydrogen-bond donors (Lipinski definition) is 3. The van der Waals surface area contributed by atoms with E-state index in [0.717, 1.165) is 27.7 Å². The summed E-state index contributed by atoms with van der Waals surface area (Å²) >= 11 is 0. The Bertz CT molecular complexity index is 1570. The van der Waals surface area contributed by atoms with Gasteiger partial charge in [-0.3, -0.25) is 0 Å². The Hall–Kier alpha value is -4.40. The van der Waals surface area contributed by atoms with E-state index in [1.807, 2.05) is 78.9 Å². The van der Waals surface area contributed by atoms with Gasteiger partial charge in [0.25, 0.3) is 0 Å². The molecule has 42 heavy (non-hydrogen) atoms. The number of nitrogens with zero attached hydrogens (tertiary/aromatic N) is 3. The highest BCUT2D eigenvalue weighted by Crippen LogP contribution is 2.47. The average molecular weight is 568 g/mol. The molecule has 1 heterocycles. The number of benzene rings is 4. The molecule has 3 N–H and O–H groups in total. The molecule has 0 saturated heterocycles. The molecule has 0 atom stereocenters. The van der Waals surface area contributed by atoms with Gasteiger partial charge in [-0.2, -0.15) is 0 Å². The Morgan fingerprint density at radius 1 is 0.667 bits per heavy atom. The van der Waals surface area contributed by atoms with E-state index >= 15 is 0 Å². The number of fused-ring (bicyclic) bond motifs is 1. The first-order valence-electron chi connectivity index (χ1n) is 14.0. The molecule has 0 fully saturated rings. The molecule has 8 heteroatoms. The van der Waals surface area contributed by atoms with E-state index in [0.29, 0.717) is 22.7 Å². The van der Waals surface area contributed by atoms with Crippen LogP contribution >= 0.6 is 0 Å². The second-order valence-corrected chi connectivity index (χ2v) is 11.4. The summed E-state index contributed by atoms with van der Waals surface area (Å²) in [6, 6.07) is 27.0. The van der Waals surface area contributed by atoms with Gasteiger partial charge in [0.15, 0.2) is 0 Å². The minimum atomic E-state index is -0.822. The number of aromatic hydroxyl groups is 1. The molecule has 0 saturated carbocycles. The van der Waals surface area contributed by atoms with E-state index in [1.54, 1.807) is 0 Å². The summed E-state index contributed by atoms with van der Waals surface area (Å²) in [7, 11) is 0.